The topological polar surface area (TPSA) is 22.1 Å². The Morgan fingerprint density at radius 1 is 0.917 bits per heavy atom. The second kappa shape index (κ2) is 5.18. The van der Waals surface area contributed by atoms with Crippen molar-refractivity contribution in [3.8, 4) is 27.4 Å². The number of aromatic nitrogens is 1. The van der Waals surface area contributed by atoms with E-state index in [-0.39, 0.29) is 0 Å². The molecule has 1 aromatic heterocycles. The van der Waals surface area contributed by atoms with E-state index in [9.17, 15) is 0 Å². The Balaban J connectivity index is 1.69. The summed E-state index contributed by atoms with van der Waals surface area (Å²) in [7, 11) is 1.69. The van der Waals surface area contributed by atoms with Gasteiger partial charge in [0.05, 0.1) is 17.3 Å². The normalized spacial score (nSPS) is 12.2. The summed E-state index contributed by atoms with van der Waals surface area (Å²) in [6.07, 6.45) is 0.987. The van der Waals surface area contributed by atoms with E-state index in [1.807, 2.05) is 12.1 Å². The SMILES string of the molecule is COc1ccc2sc(-c3cccc4c3Cc3ccccc3-4)nc2c1. The second-order valence-corrected chi connectivity index (χ2v) is 7.05. The van der Waals surface area contributed by atoms with Crippen molar-refractivity contribution in [2.75, 3.05) is 7.11 Å². The number of fused-ring (bicyclic) bond motifs is 4. The predicted octanol–water partition coefficient (Wildman–Crippen LogP) is 5.54. The lowest BCUT2D eigenvalue weighted by molar-refractivity contribution is 0.415. The van der Waals surface area contributed by atoms with Crippen molar-refractivity contribution in [2.24, 2.45) is 0 Å². The van der Waals surface area contributed by atoms with Gasteiger partial charge in [0, 0.05) is 11.6 Å². The van der Waals surface area contributed by atoms with E-state index >= 15 is 0 Å². The van der Waals surface area contributed by atoms with Gasteiger partial charge in [0.15, 0.2) is 0 Å². The van der Waals surface area contributed by atoms with Crippen LogP contribution >= 0.6 is 11.3 Å². The van der Waals surface area contributed by atoms with Gasteiger partial charge in [-0.3, -0.25) is 0 Å². The van der Waals surface area contributed by atoms with Crippen molar-refractivity contribution in [3.05, 3.63) is 71.8 Å². The van der Waals surface area contributed by atoms with E-state index in [0.29, 0.717) is 0 Å². The fraction of sp³-hybridized carbons (Fsp3) is 0.0952. The first kappa shape index (κ1) is 13.8. The summed E-state index contributed by atoms with van der Waals surface area (Å²) >= 11 is 1.75. The summed E-state index contributed by atoms with van der Waals surface area (Å²) < 4.78 is 6.51. The molecule has 0 aliphatic heterocycles. The molecule has 1 aliphatic rings. The third-order valence-corrected chi connectivity index (χ3v) is 5.75. The average Bonchev–Trinajstić information content (AvgIpc) is 3.21. The Hall–Kier alpha value is -2.65. The van der Waals surface area contributed by atoms with Crippen LogP contribution in [0.3, 0.4) is 0 Å². The van der Waals surface area contributed by atoms with Gasteiger partial charge in [-0.1, -0.05) is 42.5 Å². The minimum Gasteiger partial charge on any atom is -0.497 e. The Morgan fingerprint density at radius 3 is 2.67 bits per heavy atom. The summed E-state index contributed by atoms with van der Waals surface area (Å²) in [5, 5.41) is 1.09. The summed E-state index contributed by atoms with van der Waals surface area (Å²) in [4.78, 5) is 4.87. The lowest BCUT2D eigenvalue weighted by atomic mass is 10.0. The largest absolute Gasteiger partial charge is 0.497 e. The van der Waals surface area contributed by atoms with Gasteiger partial charge in [0.1, 0.15) is 10.8 Å². The smallest absolute Gasteiger partial charge is 0.124 e. The molecule has 0 atom stereocenters. The predicted molar refractivity (Wildman–Crippen MR) is 99.9 cm³/mol. The fourth-order valence-corrected chi connectivity index (χ4v) is 4.51. The second-order valence-electron chi connectivity index (χ2n) is 6.02. The van der Waals surface area contributed by atoms with Crippen molar-refractivity contribution >= 4 is 21.6 Å². The number of ether oxygens (including phenoxy) is 1. The zero-order valence-electron chi connectivity index (χ0n) is 13.2. The van der Waals surface area contributed by atoms with Gasteiger partial charge in [-0.15, -0.1) is 11.3 Å². The summed E-state index contributed by atoms with van der Waals surface area (Å²) in [6.45, 7) is 0. The molecule has 2 nitrogen and oxygen atoms in total. The number of methoxy groups -OCH3 is 1. The first-order valence-corrected chi connectivity index (χ1v) is 8.80. The van der Waals surface area contributed by atoms with Gasteiger partial charge in [-0.05, 0) is 40.8 Å². The van der Waals surface area contributed by atoms with Crippen LogP contribution in [0.1, 0.15) is 11.1 Å². The minimum absolute atomic E-state index is 0.852. The molecule has 3 heteroatoms. The Labute approximate surface area is 144 Å². The van der Waals surface area contributed by atoms with Crippen LogP contribution in [0.25, 0.3) is 31.9 Å². The van der Waals surface area contributed by atoms with Gasteiger partial charge in [-0.25, -0.2) is 4.98 Å². The van der Waals surface area contributed by atoms with Gasteiger partial charge < -0.3 is 4.74 Å². The van der Waals surface area contributed by atoms with Crippen LogP contribution < -0.4 is 4.74 Å². The molecule has 0 radical (unpaired) electrons. The molecule has 0 spiro atoms. The van der Waals surface area contributed by atoms with E-state index in [1.54, 1.807) is 18.4 Å². The maximum atomic E-state index is 5.32. The molecular formula is C21H15NOS. The van der Waals surface area contributed by atoms with Gasteiger partial charge in [0.2, 0.25) is 0 Å². The third kappa shape index (κ3) is 1.98. The molecule has 1 heterocycles. The fourth-order valence-electron chi connectivity index (χ4n) is 3.51. The molecule has 0 saturated carbocycles. The molecule has 0 unspecified atom stereocenters. The molecule has 1 aliphatic carbocycles. The monoisotopic (exact) mass is 329 g/mol. The minimum atomic E-state index is 0.852. The molecule has 24 heavy (non-hydrogen) atoms. The molecule has 4 aromatic rings. The van der Waals surface area contributed by atoms with Gasteiger partial charge in [0.25, 0.3) is 0 Å². The lowest BCUT2D eigenvalue weighted by Gasteiger charge is -2.05. The molecular weight excluding hydrogens is 314 g/mol. The lowest BCUT2D eigenvalue weighted by Crippen LogP contribution is -1.87. The number of rotatable bonds is 2. The first-order chi connectivity index (χ1) is 11.8. The molecule has 0 saturated heterocycles. The molecule has 0 N–H and O–H groups in total. The van der Waals surface area contributed by atoms with Gasteiger partial charge >= 0.3 is 0 Å². The number of nitrogens with zero attached hydrogens (tertiary/aromatic N) is 1. The highest BCUT2D eigenvalue weighted by molar-refractivity contribution is 7.21. The van der Waals surface area contributed by atoms with Crippen LogP contribution in [-0.4, -0.2) is 12.1 Å². The van der Waals surface area contributed by atoms with E-state index in [4.69, 9.17) is 9.72 Å². The maximum absolute atomic E-state index is 5.32. The highest BCUT2D eigenvalue weighted by Crippen LogP contribution is 2.43. The number of benzene rings is 3. The van der Waals surface area contributed by atoms with Crippen LogP contribution in [0.5, 0.6) is 5.75 Å². The van der Waals surface area contributed by atoms with Crippen LogP contribution in [0.15, 0.2) is 60.7 Å². The van der Waals surface area contributed by atoms with Crippen LogP contribution in [0.2, 0.25) is 0 Å². The number of hydrogen-bond acceptors (Lipinski definition) is 3. The zero-order valence-corrected chi connectivity index (χ0v) is 14.1. The number of thiazole rings is 1. The molecule has 5 rings (SSSR count). The van der Waals surface area contributed by atoms with E-state index in [2.05, 4.69) is 48.5 Å². The van der Waals surface area contributed by atoms with Crippen molar-refractivity contribution in [3.63, 3.8) is 0 Å². The first-order valence-electron chi connectivity index (χ1n) is 7.98. The zero-order chi connectivity index (χ0) is 16.1. The summed E-state index contributed by atoms with van der Waals surface area (Å²) in [6, 6.07) is 21.3. The van der Waals surface area contributed by atoms with E-state index in [0.717, 1.165) is 22.7 Å². The van der Waals surface area contributed by atoms with Gasteiger partial charge in [-0.2, -0.15) is 0 Å². The molecule has 116 valence electrons. The summed E-state index contributed by atoms with van der Waals surface area (Å²) in [5.41, 5.74) is 7.76. The molecule has 0 amide bonds. The van der Waals surface area contributed by atoms with Crippen molar-refractivity contribution < 1.29 is 4.74 Å². The Kier molecular flexibility index (Phi) is 2.97. The highest BCUT2D eigenvalue weighted by Gasteiger charge is 2.22. The summed E-state index contributed by atoms with van der Waals surface area (Å²) in [5.74, 6) is 0.852. The van der Waals surface area contributed by atoms with E-state index in [1.165, 1.54) is 32.5 Å². The maximum Gasteiger partial charge on any atom is 0.124 e. The molecule has 0 bridgehead atoms. The Bertz CT molecular complexity index is 1080. The van der Waals surface area contributed by atoms with Crippen molar-refractivity contribution in [2.45, 2.75) is 6.42 Å². The standard InChI is InChI=1S/C21H15NOS/c1-23-14-9-10-20-19(12-14)22-21(24-20)17-8-4-7-16-15-6-3-2-5-13(15)11-18(16)17/h2-10,12H,11H2,1H3. The average molecular weight is 329 g/mol. The van der Waals surface area contributed by atoms with E-state index < -0.39 is 0 Å². The highest BCUT2D eigenvalue weighted by atomic mass is 32.1. The quantitative estimate of drug-likeness (QED) is 0.424. The third-order valence-electron chi connectivity index (χ3n) is 4.68. The van der Waals surface area contributed by atoms with Crippen LogP contribution in [-0.2, 0) is 6.42 Å². The van der Waals surface area contributed by atoms with Crippen molar-refractivity contribution in [1.82, 2.24) is 4.98 Å². The van der Waals surface area contributed by atoms with Crippen LogP contribution in [0, 0.1) is 0 Å². The molecule has 0 fully saturated rings. The Morgan fingerprint density at radius 2 is 1.75 bits per heavy atom. The molecule has 3 aromatic carbocycles. The van der Waals surface area contributed by atoms with Crippen LogP contribution in [0.4, 0.5) is 0 Å². The van der Waals surface area contributed by atoms with Crippen molar-refractivity contribution in [1.29, 1.82) is 0 Å². The number of hydrogen-bond donors (Lipinski definition) is 0.